The monoisotopic (exact) mass is 246 g/mol. The maximum absolute atomic E-state index is 10.4. The zero-order valence-electron chi connectivity index (χ0n) is 10.3. The van der Waals surface area contributed by atoms with Crippen LogP contribution in [0.15, 0.2) is 30.4 Å². The topological polar surface area (TPSA) is 38.7 Å². The Labute approximate surface area is 107 Å². The van der Waals surface area contributed by atoms with Crippen LogP contribution < -0.4 is 9.47 Å². The number of benzene rings is 1. The smallest absolute Gasteiger partial charge is 0.161 e. The maximum Gasteiger partial charge on any atom is 0.161 e. The number of rotatable bonds is 2. The van der Waals surface area contributed by atoms with Crippen LogP contribution in [0.3, 0.4) is 0 Å². The SMILES string of the molecule is OC(c1ccc2c(c1)OCCO2)C1CC=CCC1. The summed E-state index contributed by atoms with van der Waals surface area (Å²) in [6.07, 6.45) is 7.00. The zero-order chi connectivity index (χ0) is 12.4. The Morgan fingerprint density at radius 2 is 1.94 bits per heavy atom. The van der Waals surface area contributed by atoms with Crippen LogP contribution in [0.2, 0.25) is 0 Å². The fourth-order valence-corrected chi connectivity index (χ4v) is 2.62. The van der Waals surface area contributed by atoms with E-state index in [0.29, 0.717) is 19.1 Å². The first kappa shape index (κ1) is 11.6. The molecule has 0 radical (unpaired) electrons. The minimum atomic E-state index is -0.411. The molecule has 0 fully saturated rings. The van der Waals surface area contributed by atoms with Crippen molar-refractivity contribution in [3.8, 4) is 11.5 Å². The molecule has 1 aromatic carbocycles. The summed E-state index contributed by atoms with van der Waals surface area (Å²) in [7, 11) is 0. The van der Waals surface area contributed by atoms with Crippen molar-refractivity contribution in [2.75, 3.05) is 13.2 Å². The molecule has 1 aromatic rings. The number of ether oxygens (including phenoxy) is 2. The molecule has 0 saturated carbocycles. The summed E-state index contributed by atoms with van der Waals surface area (Å²) in [6.45, 7) is 1.18. The Morgan fingerprint density at radius 1 is 1.11 bits per heavy atom. The molecule has 2 unspecified atom stereocenters. The molecule has 0 amide bonds. The van der Waals surface area contributed by atoms with Crippen LogP contribution >= 0.6 is 0 Å². The summed E-state index contributed by atoms with van der Waals surface area (Å²) in [4.78, 5) is 0. The molecule has 1 N–H and O–H groups in total. The summed E-state index contributed by atoms with van der Waals surface area (Å²) in [5.41, 5.74) is 0.930. The van der Waals surface area contributed by atoms with Gasteiger partial charge < -0.3 is 14.6 Å². The van der Waals surface area contributed by atoms with Gasteiger partial charge in [-0.2, -0.15) is 0 Å². The molecule has 3 heteroatoms. The average Bonchev–Trinajstić information content (AvgIpc) is 2.47. The lowest BCUT2D eigenvalue weighted by atomic mass is 9.86. The van der Waals surface area contributed by atoms with Crippen molar-refractivity contribution in [2.24, 2.45) is 5.92 Å². The molecule has 0 bridgehead atoms. The van der Waals surface area contributed by atoms with E-state index >= 15 is 0 Å². The minimum Gasteiger partial charge on any atom is -0.486 e. The first-order valence-corrected chi connectivity index (χ1v) is 6.57. The van der Waals surface area contributed by atoms with Crippen LogP contribution in [0, 0.1) is 5.92 Å². The Bertz CT molecular complexity index is 453. The fraction of sp³-hybridized carbons (Fsp3) is 0.467. The minimum absolute atomic E-state index is 0.317. The largest absolute Gasteiger partial charge is 0.486 e. The van der Waals surface area contributed by atoms with Gasteiger partial charge in [0.05, 0.1) is 6.10 Å². The second kappa shape index (κ2) is 5.02. The molecular formula is C15H18O3. The van der Waals surface area contributed by atoms with Crippen LogP contribution in [0.1, 0.15) is 30.9 Å². The van der Waals surface area contributed by atoms with E-state index in [2.05, 4.69) is 12.2 Å². The predicted molar refractivity (Wildman–Crippen MR) is 68.9 cm³/mol. The first-order chi connectivity index (χ1) is 8.84. The lowest BCUT2D eigenvalue weighted by Gasteiger charge is -2.25. The third kappa shape index (κ3) is 2.23. The van der Waals surface area contributed by atoms with Gasteiger partial charge in [-0.25, -0.2) is 0 Å². The molecule has 1 aliphatic carbocycles. The third-order valence-electron chi connectivity index (χ3n) is 3.66. The molecule has 1 aliphatic heterocycles. The van der Waals surface area contributed by atoms with Gasteiger partial charge in [-0.1, -0.05) is 18.2 Å². The number of aliphatic hydroxyl groups is 1. The van der Waals surface area contributed by atoms with Gasteiger partial charge in [-0.05, 0) is 42.9 Å². The summed E-state index contributed by atoms with van der Waals surface area (Å²) in [6, 6.07) is 5.75. The lowest BCUT2D eigenvalue weighted by molar-refractivity contribution is 0.101. The van der Waals surface area contributed by atoms with Crippen LogP contribution in [0.4, 0.5) is 0 Å². The van der Waals surface area contributed by atoms with Crippen LogP contribution in [-0.2, 0) is 0 Å². The van der Waals surface area contributed by atoms with Gasteiger partial charge >= 0.3 is 0 Å². The normalized spacial score (nSPS) is 23.7. The van der Waals surface area contributed by atoms with Crippen molar-refractivity contribution in [1.82, 2.24) is 0 Å². The van der Waals surface area contributed by atoms with Gasteiger partial charge in [-0.15, -0.1) is 0 Å². The Balaban J connectivity index is 1.80. The molecule has 0 spiro atoms. The van der Waals surface area contributed by atoms with Gasteiger partial charge in [0.25, 0.3) is 0 Å². The molecule has 96 valence electrons. The van der Waals surface area contributed by atoms with Crippen LogP contribution in [0.25, 0.3) is 0 Å². The molecule has 1 heterocycles. The van der Waals surface area contributed by atoms with Crippen molar-refractivity contribution >= 4 is 0 Å². The standard InChI is InChI=1S/C15H18O3/c16-15(11-4-2-1-3-5-11)12-6-7-13-14(10-12)18-9-8-17-13/h1-2,6-7,10-11,15-16H,3-5,8-9H2. The summed E-state index contributed by atoms with van der Waals surface area (Å²) in [5.74, 6) is 1.85. The number of allylic oxidation sites excluding steroid dienone is 2. The summed E-state index contributed by atoms with van der Waals surface area (Å²) in [5, 5.41) is 10.4. The number of hydrogen-bond donors (Lipinski definition) is 1. The highest BCUT2D eigenvalue weighted by Crippen LogP contribution is 2.37. The Kier molecular flexibility index (Phi) is 3.24. The van der Waals surface area contributed by atoms with Gasteiger partial charge in [-0.3, -0.25) is 0 Å². The molecule has 0 aromatic heterocycles. The molecule has 3 nitrogen and oxygen atoms in total. The lowest BCUT2D eigenvalue weighted by Crippen LogP contribution is -2.17. The highest BCUT2D eigenvalue weighted by molar-refractivity contribution is 5.44. The highest BCUT2D eigenvalue weighted by atomic mass is 16.6. The van der Waals surface area contributed by atoms with Crippen molar-refractivity contribution in [1.29, 1.82) is 0 Å². The van der Waals surface area contributed by atoms with E-state index in [-0.39, 0.29) is 0 Å². The Morgan fingerprint density at radius 3 is 2.72 bits per heavy atom. The second-order valence-corrected chi connectivity index (χ2v) is 4.89. The predicted octanol–water partition coefficient (Wildman–Crippen LogP) is 2.85. The quantitative estimate of drug-likeness (QED) is 0.815. The molecule has 2 aliphatic rings. The summed E-state index contributed by atoms with van der Waals surface area (Å²) >= 11 is 0. The molecule has 18 heavy (non-hydrogen) atoms. The highest BCUT2D eigenvalue weighted by Gasteiger charge is 2.23. The van der Waals surface area contributed by atoms with Gasteiger partial charge in [0.2, 0.25) is 0 Å². The summed E-state index contributed by atoms with van der Waals surface area (Å²) < 4.78 is 11.0. The van der Waals surface area contributed by atoms with Crippen LogP contribution in [-0.4, -0.2) is 18.3 Å². The number of fused-ring (bicyclic) bond motifs is 1. The van der Waals surface area contributed by atoms with Gasteiger partial charge in [0.15, 0.2) is 11.5 Å². The molecule has 2 atom stereocenters. The number of hydrogen-bond acceptors (Lipinski definition) is 3. The van der Waals surface area contributed by atoms with Crippen molar-refractivity contribution in [3.05, 3.63) is 35.9 Å². The second-order valence-electron chi connectivity index (χ2n) is 4.89. The van der Waals surface area contributed by atoms with E-state index in [1.165, 1.54) is 0 Å². The molecular weight excluding hydrogens is 228 g/mol. The third-order valence-corrected chi connectivity index (χ3v) is 3.66. The van der Waals surface area contributed by atoms with E-state index < -0.39 is 6.10 Å². The van der Waals surface area contributed by atoms with Gasteiger partial charge in [0, 0.05) is 0 Å². The van der Waals surface area contributed by atoms with E-state index in [1.807, 2.05) is 18.2 Å². The van der Waals surface area contributed by atoms with E-state index in [1.54, 1.807) is 0 Å². The Hall–Kier alpha value is -1.48. The first-order valence-electron chi connectivity index (χ1n) is 6.57. The molecule has 3 rings (SSSR count). The van der Waals surface area contributed by atoms with Crippen molar-refractivity contribution in [2.45, 2.75) is 25.4 Å². The van der Waals surface area contributed by atoms with Crippen molar-refractivity contribution < 1.29 is 14.6 Å². The average molecular weight is 246 g/mol. The zero-order valence-corrected chi connectivity index (χ0v) is 10.3. The van der Waals surface area contributed by atoms with Crippen LogP contribution in [0.5, 0.6) is 11.5 Å². The van der Waals surface area contributed by atoms with E-state index in [4.69, 9.17) is 9.47 Å². The van der Waals surface area contributed by atoms with Gasteiger partial charge in [0.1, 0.15) is 13.2 Å². The fourth-order valence-electron chi connectivity index (χ4n) is 2.62. The number of aliphatic hydroxyl groups excluding tert-OH is 1. The van der Waals surface area contributed by atoms with Crippen molar-refractivity contribution in [3.63, 3.8) is 0 Å². The van der Waals surface area contributed by atoms with E-state index in [9.17, 15) is 5.11 Å². The maximum atomic E-state index is 10.4. The molecule has 0 saturated heterocycles. The van der Waals surface area contributed by atoms with E-state index in [0.717, 1.165) is 36.3 Å².